The third kappa shape index (κ3) is 6.43. The molecule has 0 aromatic heterocycles. The molecular weight excluding hydrogens is 258 g/mol. The fourth-order valence-electron chi connectivity index (χ4n) is 1.43. The molecule has 1 atom stereocenters. The summed E-state index contributed by atoms with van der Waals surface area (Å²) >= 11 is 3.77. The van der Waals surface area contributed by atoms with Crippen LogP contribution in [0, 0.1) is 0 Å². The number of carbonyl (C=O) groups excluding carboxylic acids is 1. The van der Waals surface area contributed by atoms with Crippen LogP contribution in [-0.2, 0) is 4.74 Å². The van der Waals surface area contributed by atoms with E-state index in [9.17, 15) is 9.90 Å². The van der Waals surface area contributed by atoms with Crippen molar-refractivity contribution >= 4 is 29.6 Å². The zero-order valence-electron chi connectivity index (χ0n) is 10.6. The normalized spacial score (nSPS) is 19.1. The lowest BCUT2D eigenvalue weighted by Crippen LogP contribution is -2.42. The van der Waals surface area contributed by atoms with Gasteiger partial charge in [0.2, 0.25) is 0 Å². The zero-order chi connectivity index (χ0) is 12.9. The van der Waals surface area contributed by atoms with Gasteiger partial charge in [0.05, 0.1) is 17.2 Å². The Labute approximate surface area is 111 Å². The van der Waals surface area contributed by atoms with Gasteiger partial charge in [-0.1, -0.05) is 0 Å². The van der Waals surface area contributed by atoms with Crippen molar-refractivity contribution in [1.82, 2.24) is 5.32 Å². The summed E-state index contributed by atoms with van der Waals surface area (Å²) in [6.45, 7) is 5.42. The highest BCUT2D eigenvalue weighted by Gasteiger charge is 2.24. The van der Waals surface area contributed by atoms with E-state index >= 15 is 0 Å². The van der Waals surface area contributed by atoms with Crippen LogP contribution in [0.2, 0.25) is 0 Å². The summed E-state index contributed by atoms with van der Waals surface area (Å²) in [5, 5.41) is 12.0. The molecule has 0 aromatic rings. The van der Waals surface area contributed by atoms with Crippen molar-refractivity contribution in [2.45, 2.75) is 43.4 Å². The van der Waals surface area contributed by atoms with Gasteiger partial charge < -0.3 is 15.2 Å². The van der Waals surface area contributed by atoms with Crippen LogP contribution in [0.4, 0.5) is 4.79 Å². The molecule has 1 fully saturated rings. The number of amides is 1. The number of ether oxygens (including phenoxy) is 1. The van der Waals surface area contributed by atoms with E-state index in [0.29, 0.717) is 4.58 Å². The van der Waals surface area contributed by atoms with Crippen LogP contribution in [0.25, 0.3) is 0 Å². The van der Waals surface area contributed by atoms with Gasteiger partial charge in [-0.25, -0.2) is 4.79 Å². The van der Waals surface area contributed by atoms with Crippen molar-refractivity contribution in [1.29, 1.82) is 0 Å². The maximum atomic E-state index is 11.5. The van der Waals surface area contributed by atoms with Gasteiger partial charge in [0.25, 0.3) is 0 Å². The average molecular weight is 279 g/mol. The molecule has 1 heterocycles. The first-order valence-electron chi connectivity index (χ1n) is 5.74. The van der Waals surface area contributed by atoms with Crippen LogP contribution in [0.15, 0.2) is 0 Å². The van der Waals surface area contributed by atoms with Crippen LogP contribution < -0.4 is 5.32 Å². The van der Waals surface area contributed by atoms with Crippen molar-refractivity contribution < 1.29 is 14.6 Å². The minimum atomic E-state index is -0.499. The minimum Gasteiger partial charge on any atom is -0.444 e. The maximum Gasteiger partial charge on any atom is 0.407 e. The van der Waals surface area contributed by atoms with Crippen LogP contribution in [0.3, 0.4) is 0 Å². The van der Waals surface area contributed by atoms with Crippen molar-refractivity contribution in [3.63, 3.8) is 0 Å². The van der Waals surface area contributed by atoms with Gasteiger partial charge in [-0.05, 0) is 27.2 Å². The monoisotopic (exact) mass is 279 g/mol. The highest BCUT2D eigenvalue weighted by molar-refractivity contribution is 8.20. The first-order valence-corrected chi connectivity index (χ1v) is 7.84. The lowest BCUT2D eigenvalue weighted by Gasteiger charge is -2.23. The summed E-state index contributed by atoms with van der Waals surface area (Å²) in [5.74, 6) is 2.31. The van der Waals surface area contributed by atoms with E-state index in [1.807, 2.05) is 44.3 Å². The first kappa shape index (κ1) is 15.0. The molecule has 1 rings (SSSR count). The van der Waals surface area contributed by atoms with Gasteiger partial charge >= 0.3 is 6.09 Å². The van der Waals surface area contributed by atoms with Crippen LogP contribution in [-0.4, -0.2) is 45.5 Å². The fraction of sp³-hybridized carbons (Fsp3) is 0.909. The number of aliphatic hydroxyl groups is 1. The number of aliphatic hydroxyl groups excluding tert-OH is 1. The molecule has 0 unspecified atom stereocenters. The third-order valence-electron chi connectivity index (χ3n) is 2.11. The molecule has 4 nitrogen and oxygen atoms in total. The van der Waals surface area contributed by atoms with Gasteiger partial charge in [-0.3, -0.25) is 0 Å². The number of nitrogens with one attached hydrogen (secondary N) is 1. The average Bonchev–Trinajstić information content (AvgIpc) is 2.66. The Balaban J connectivity index is 2.32. The molecule has 0 saturated carbocycles. The van der Waals surface area contributed by atoms with E-state index in [-0.39, 0.29) is 12.6 Å². The van der Waals surface area contributed by atoms with Crippen molar-refractivity contribution in [3.8, 4) is 0 Å². The Bertz CT molecular complexity index is 250. The predicted octanol–water partition coefficient (Wildman–Crippen LogP) is 2.07. The standard InChI is InChI=1S/C11H21NO3S2/c1-11(2,3)15-10(14)12-8(7-13)6-9-16-4-5-17-9/h8-9,13H,4-7H2,1-3H3,(H,12,14)/t8-/m0/s1. The summed E-state index contributed by atoms with van der Waals surface area (Å²) in [4.78, 5) is 11.5. The second kappa shape index (κ2) is 6.75. The molecule has 100 valence electrons. The number of rotatable bonds is 4. The van der Waals surface area contributed by atoms with Crippen molar-refractivity contribution in [2.24, 2.45) is 0 Å². The molecule has 6 heteroatoms. The number of hydrogen-bond acceptors (Lipinski definition) is 5. The molecular formula is C11H21NO3S2. The molecule has 0 spiro atoms. The van der Waals surface area contributed by atoms with E-state index in [1.165, 1.54) is 0 Å². The lowest BCUT2D eigenvalue weighted by molar-refractivity contribution is 0.0481. The summed E-state index contributed by atoms with van der Waals surface area (Å²) in [6, 6.07) is -0.215. The molecule has 0 bridgehead atoms. The second-order valence-electron chi connectivity index (χ2n) is 4.93. The highest BCUT2D eigenvalue weighted by atomic mass is 32.2. The van der Waals surface area contributed by atoms with E-state index in [0.717, 1.165) is 17.9 Å². The first-order chi connectivity index (χ1) is 7.90. The number of thioether (sulfide) groups is 2. The van der Waals surface area contributed by atoms with E-state index in [2.05, 4.69) is 5.32 Å². The molecule has 1 amide bonds. The van der Waals surface area contributed by atoms with Crippen molar-refractivity contribution in [2.75, 3.05) is 18.1 Å². The Morgan fingerprint density at radius 3 is 2.53 bits per heavy atom. The fourth-order valence-corrected chi connectivity index (χ4v) is 4.42. The number of carbonyl (C=O) groups is 1. The van der Waals surface area contributed by atoms with Gasteiger partial charge in [0, 0.05) is 11.5 Å². The van der Waals surface area contributed by atoms with Gasteiger partial charge in [0.15, 0.2) is 0 Å². The lowest BCUT2D eigenvalue weighted by atomic mass is 10.2. The molecule has 0 aliphatic carbocycles. The van der Waals surface area contributed by atoms with E-state index in [4.69, 9.17) is 4.74 Å². The van der Waals surface area contributed by atoms with Crippen LogP contribution >= 0.6 is 23.5 Å². The van der Waals surface area contributed by atoms with Gasteiger partial charge in [0.1, 0.15) is 5.60 Å². The van der Waals surface area contributed by atoms with E-state index in [1.54, 1.807) is 0 Å². The van der Waals surface area contributed by atoms with Crippen LogP contribution in [0.5, 0.6) is 0 Å². The second-order valence-corrected chi connectivity index (χ2v) is 7.85. The molecule has 1 aliphatic rings. The summed E-state index contributed by atoms with van der Waals surface area (Å²) < 4.78 is 5.63. The molecule has 0 aromatic carbocycles. The Hall–Kier alpha value is -0.0700. The summed E-state index contributed by atoms with van der Waals surface area (Å²) in [5.41, 5.74) is -0.499. The smallest absolute Gasteiger partial charge is 0.407 e. The SMILES string of the molecule is CC(C)(C)OC(=O)N[C@H](CO)CC1SCCS1. The largest absolute Gasteiger partial charge is 0.444 e. The minimum absolute atomic E-state index is 0.0448. The topological polar surface area (TPSA) is 58.6 Å². The predicted molar refractivity (Wildman–Crippen MR) is 73.6 cm³/mol. The number of hydrogen-bond donors (Lipinski definition) is 2. The Morgan fingerprint density at radius 2 is 2.06 bits per heavy atom. The Morgan fingerprint density at radius 1 is 1.47 bits per heavy atom. The van der Waals surface area contributed by atoms with Gasteiger partial charge in [-0.15, -0.1) is 23.5 Å². The molecule has 1 aliphatic heterocycles. The third-order valence-corrected chi connectivity index (χ3v) is 5.19. The highest BCUT2D eigenvalue weighted by Crippen LogP contribution is 2.34. The van der Waals surface area contributed by atoms with Crippen molar-refractivity contribution in [3.05, 3.63) is 0 Å². The quantitative estimate of drug-likeness (QED) is 0.825. The zero-order valence-corrected chi connectivity index (χ0v) is 12.2. The number of alkyl carbamates (subject to hydrolysis) is 1. The molecule has 1 saturated heterocycles. The van der Waals surface area contributed by atoms with E-state index < -0.39 is 11.7 Å². The molecule has 17 heavy (non-hydrogen) atoms. The van der Waals surface area contributed by atoms with Gasteiger partial charge in [-0.2, -0.15) is 0 Å². The van der Waals surface area contributed by atoms with Crippen LogP contribution in [0.1, 0.15) is 27.2 Å². The molecule has 2 N–H and O–H groups in total. The molecule has 0 radical (unpaired) electrons. The summed E-state index contributed by atoms with van der Waals surface area (Å²) in [6.07, 6.45) is 0.329. The maximum absolute atomic E-state index is 11.5. The Kier molecular flexibility index (Phi) is 5.95. The summed E-state index contributed by atoms with van der Waals surface area (Å²) in [7, 11) is 0.